The van der Waals surface area contributed by atoms with Crippen LogP contribution in [-0.2, 0) is 4.57 Å². The summed E-state index contributed by atoms with van der Waals surface area (Å²) >= 11 is 0. The Labute approximate surface area is 56.6 Å². The van der Waals surface area contributed by atoms with Crippen molar-refractivity contribution >= 4 is 7.14 Å². The maximum atomic E-state index is 11.1. The van der Waals surface area contributed by atoms with Crippen LogP contribution in [0.15, 0.2) is 0 Å². The Morgan fingerprint density at radius 2 is 2.00 bits per heavy atom. The zero-order valence-corrected chi connectivity index (χ0v) is 7.19. The molecule has 0 aromatic carbocycles. The quantitative estimate of drug-likeness (QED) is 0.620. The summed E-state index contributed by atoms with van der Waals surface area (Å²) in [6, 6.07) is 0. The second-order valence-corrected chi connectivity index (χ2v) is 6.26. The molecule has 56 valence electrons. The van der Waals surface area contributed by atoms with Crippen LogP contribution < -0.4 is 0 Å². The van der Waals surface area contributed by atoms with Crippen LogP contribution in [0.5, 0.6) is 0 Å². The molecule has 0 amide bonds. The van der Waals surface area contributed by atoms with Crippen LogP contribution in [0.1, 0.15) is 13.8 Å². The standard InChI is InChI=1S/C6H15O2P/c1-6(2)4-9(3,8)5-7/h6-7H,4-5H2,1-3H3. The average molecular weight is 150 g/mol. The molecule has 0 aliphatic carbocycles. The van der Waals surface area contributed by atoms with Crippen LogP contribution in [0.3, 0.4) is 0 Å². The molecule has 0 bridgehead atoms. The zero-order chi connectivity index (χ0) is 7.49. The smallest absolute Gasteiger partial charge is 0.109 e. The summed E-state index contributed by atoms with van der Waals surface area (Å²) in [5.74, 6) is 0.424. The zero-order valence-electron chi connectivity index (χ0n) is 6.29. The van der Waals surface area contributed by atoms with Gasteiger partial charge in [-0.05, 0) is 12.6 Å². The highest BCUT2D eigenvalue weighted by molar-refractivity contribution is 7.62. The molecule has 1 atom stereocenters. The van der Waals surface area contributed by atoms with Gasteiger partial charge in [-0.3, -0.25) is 0 Å². The molecule has 0 aliphatic heterocycles. The summed E-state index contributed by atoms with van der Waals surface area (Å²) in [5.41, 5.74) is 0. The second-order valence-electron chi connectivity index (χ2n) is 3.01. The van der Waals surface area contributed by atoms with Crippen LogP contribution in [0.2, 0.25) is 0 Å². The molecule has 2 nitrogen and oxygen atoms in total. The van der Waals surface area contributed by atoms with E-state index >= 15 is 0 Å². The number of rotatable bonds is 3. The summed E-state index contributed by atoms with van der Waals surface area (Å²) in [6.45, 7) is 5.66. The van der Waals surface area contributed by atoms with Crippen molar-refractivity contribution in [2.24, 2.45) is 5.92 Å². The predicted octanol–water partition coefficient (Wildman–Crippen LogP) is 1.59. The molecule has 1 N–H and O–H groups in total. The lowest BCUT2D eigenvalue weighted by molar-refractivity contribution is 0.357. The molecule has 0 radical (unpaired) electrons. The number of hydrogen-bond donors (Lipinski definition) is 1. The molecule has 0 heterocycles. The summed E-state index contributed by atoms with van der Waals surface area (Å²) in [6.07, 6.45) is 0.509. The third-order valence-electron chi connectivity index (χ3n) is 1.05. The van der Waals surface area contributed by atoms with E-state index in [1.807, 2.05) is 13.8 Å². The third kappa shape index (κ3) is 4.68. The normalized spacial score (nSPS) is 17.9. The number of hydrogen-bond acceptors (Lipinski definition) is 2. The van der Waals surface area contributed by atoms with Gasteiger partial charge in [0.05, 0.1) is 6.35 Å². The van der Waals surface area contributed by atoms with E-state index in [0.717, 1.165) is 0 Å². The molecule has 0 fully saturated rings. The van der Waals surface area contributed by atoms with Gasteiger partial charge in [0.15, 0.2) is 0 Å². The maximum absolute atomic E-state index is 11.1. The first-order chi connectivity index (χ1) is 3.98. The molecule has 0 aromatic rings. The Hall–Kier alpha value is 0.190. The topological polar surface area (TPSA) is 37.3 Å². The van der Waals surface area contributed by atoms with E-state index in [0.29, 0.717) is 12.1 Å². The maximum Gasteiger partial charge on any atom is 0.109 e. The molecule has 0 spiro atoms. The lowest BCUT2D eigenvalue weighted by Gasteiger charge is -2.10. The summed E-state index contributed by atoms with van der Waals surface area (Å²) < 4.78 is 11.1. The van der Waals surface area contributed by atoms with E-state index in [4.69, 9.17) is 5.11 Å². The number of aliphatic hydroxyl groups is 1. The SMILES string of the molecule is CC(C)CP(C)(=O)CO. The molecule has 1 unspecified atom stereocenters. The third-order valence-corrected chi connectivity index (χ3v) is 3.15. The fourth-order valence-electron chi connectivity index (χ4n) is 0.830. The highest BCUT2D eigenvalue weighted by Crippen LogP contribution is 2.41. The van der Waals surface area contributed by atoms with Crippen molar-refractivity contribution in [3.05, 3.63) is 0 Å². The first-order valence-corrected chi connectivity index (χ1v) is 5.67. The van der Waals surface area contributed by atoms with Crippen molar-refractivity contribution in [1.29, 1.82) is 0 Å². The van der Waals surface area contributed by atoms with Crippen molar-refractivity contribution in [2.75, 3.05) is 19.2 Å². The predicted molar refractivity (Wildman–Crippen MR) is 40.3 cm³/mol. The van der Waals surface area contributed by atoms with Gasteiger partial charge in [-0.1, -0.05) is 13.8 Å². The minimum Gasteiger partial charge on any atom is -0.389 e. The molecule has 0 rings (SSSR count). The van der Waals surface area contributed by atoms with Gasteiger partial charge in [-0.15, -0.1) is 0 Å². The average Bonchev–Trinajstić information content (AvgIpc) is 1.63. The molecule has 0 aliphatic rings. The van der Waals surface area contributed by atoms with Crippen molar-refractivity contribution in [3.63, 3.8) is 0 Å². The Morgan fingerprint density at radius 3 is 2.11 bits per heavy atom. The number of aliphatic hydroxyl groups excluding tert-OH is 1. The lowest BCUT2D eigenvalue weighted by atomic mass is 10.3. The van der Waals surface area contributed by atoms with Crippen molar-refractivity contribution < 1.29 is 9.67 Å². The summed E-state index contributed by atoms with van der Waals surface area (Å²) in [7, 11) is -2.17. The minimum atomic E-state index is -2.17. The lowest BCUT2D eigenvalue weighted by Crippen LogP contribution is -1.99. The van der Waals surface area contributed by atoms with Crippen molar-refractivity contribution in [1.82, 2.24) is 0 Å². The first-order valence-electron chi connectivity index (χ1n) is 3.14. The Bertz CT molecular complexity index is 120. The molecule has 3 heteroatoms. The second kappa shape index (κ2) is 3.38. The summed E-state index contributed by atoms with van der Waals surface area (Å²) in [4.78, 5) is 0. The fourth-order valence-corrected chi connectivity index (χ4v) is 2.49. The highest BCUT2D eigenvalue weighted by Gasteiger charge is 2.14. The van der Waals surface area contributed by atoms with Gasteiger partial charge < -0.3 is 9.67 Å². The summed E-state index contributed by atoms with van der Waals surface area (Å²) in [5, 5.41) is 8.58. The van der Waals surface area contributed by atoms with E-state index < -0.39 is 7.14 Å². The van der Waals surface area contributed by atoms with Crippen LogP contribution in [0.4, 0.5) is 0 Å². The molecule has 0 aromatic heterocycles. The molecule has 0 saturated heterocycles. The minimum absolute atomic E-state index is 0.148. The van der Waals surface area contributed by atoms with Gasteiger partial charge in [0, 0.05) is 6.16 Å². The Morgan fingerprint density at radius 1 is 1.56 bits per heavy atom. The van der Waals surface area contributed by atoms with E-state index in [1.165, 1.54) is 0 Å². The highest BCUT2D eigenvalue weighted by atomic mass is 31.2. The van der Waals surface area contributed by atoms with Crippen LogP contribution >= 0.6 is 7.14 Å². The Balaban J connectivity index is 3.73. The van der Waals surface area contributed by atoms with Crippen molar-refractivity contribution in [2.45, 2.75) is 13.8 Å². The Kier molecular flexibility index (Phi) is 3.45. The van der Waals surface area contributed by atoms with Gasteiger partial charge in [0.25, 0.3) is 0 Å². The molecular formula is C6H15O2P. The first kappa shape index (κ1) is 9.19. The molecule has 0 saturated carbocycles. The molecular weight excluding hydrogens is 135 g/mol. The van der Waals surface area contributed by atoms with Crippen LogP contribution in [0.25, 0.3) is 0 Å². The van der Waals surface area contributed by atoms with Gasteiger partial charge >= 0.3 is 0 Å². The van der Waals surface area contributed by atoms with Gasteiger partial charge in [-0.2, -0.15) is 0 Å². The monoisotopic (exact) mass is 150 g/mol. The van der Waals surface area contributed by atoms with E-state index in [-0.39, 0.29) is 6.35 Å². The molecule has 9 heavy (non-hydrogen) atoms. The fraction of sp³-hybridized carbons (Fsp3) is 1.00. The van der Waals surface area contributed by atoms with E-state index in [9.17, 15) is 4.57 Å². The van der Waals surface area contributed by atoms with Crippen LogP contribution in [0, 0.1) is 5.92 Å². The van der Waals surface area contributed by atoms with Gasteiger partial charge in [-0.25, -0.2) is 0 Å². The van der Waals surface area contributed by atoms with Gasteiger partial charge in [0.1, 0.15) is 7.14 Å². The van der Waals surface area contributed by atoms with E-state index in [1.54, 1.807) is 6.66 Å². The van der Waals surface area contributed by atoms with Crippen molar-refractivity contribution in [3.8, 4) is 0 Å². The van der Waals surface area contributed by atoms with E-state index in [2.05, 4.69) is 0 Å². The van der Waals surface area contributed by atoms with Crippen LogP contribution in [-0.4, -0.2) is 24.3 Å². The largest absolute Gasteiger partial charge is 0.389 e. The van der Waals surface area contributed by atoms with Gasteiger partial charge in [0.2, 0.25) is 0 Å².